The lowest BCUT2D eigenvalue weighted by Crippen LogP contribution is -2.28. The molecule has 0 amide bonds. The summed E-state index contributed by atoms with van der Waals surface area (Å²) in [6.45, 7) is 1.75. The largest absolute Gasteiger partial charge is 0.409 e. The minimum atomic E-state index is -0.657. The standard InChI is InChI=1S/C10H15N5O4/c1-6(16)5-14(2)10-8(15(18)19)3-7(4-12-10)9(11)13-17/h3-4,6,16-17H,5H2,1-2H3,(H2,11,13). The fraction of sp³-hybridized carbons (Fsp3) is 0.400. The number of nitrogens with zero attached hydrogens (tertiary/aromatic N) is 4. The van der Waals surface area contributed by atoms with E-state index in [2.05, 4.69) is 10.1 Å². The van der Waals surface area contributed by atoms with E-state index in [0.717, 1.165) is 6.07 Å². The van der Waals surface area contributed by atoms with Crippen LogP contribution in [0.15, 0.2) is 17.4 Å². The summed E-state index contributed by atoms with van der Waals surface area (Å²) in [5, 5.41) is 31.6. The summed E-state index contributed by atoms with van der Waals surface area (Å²) in [4.78, 5) is 15.8. The quantitative estimate of drug-likeness (QED) is 0.223. The molecule has 1 rings (SSSR count). The Kier molecular flexibility index (Phi) is 4.59. The number of amidine groups is 1. The number of pyridine rings is 1. The van der Waals surface area contributed by atoms with Gasteiger partial charge in [-0.2, -0.15) is 0 Å². The number of hydrogen-bond donors (Lipinski definition) is 3. The van der Waals surface area contributed by atoms with Crippen molar-refractivity contribution in [2.75, 3.05) is 18.5 Å². The fourth-order valence-corrected chi connectivity index (χ4v) is 1.56. The van der Waals surface area contributed by atoms with Crippen molar-refractivity contribution in [1.29, 1.82) is 0 Å². The number of hydrogen-bond acceptors (Lipinski definition) is 7. The SMILES string of the molecule is CC(O)CN(C)c1ncc(C(N)=NO)cc1[N+](=O)[O-]. The Labute approximate surface area is 109 Å². The Bertz CT molecular complexity index is 503. The van der Waals surface area contributed by atoms with Crippen molar-refractivity contribution in [1.82, 2.24) is 4.98 Å². The smallest absolute Gasteiger partial charge is 0.312 e. The van der Waals surface area contributed by atoms with Crippen LogP contribution >= 0.6 is 0 Å². The van der Waals surface area contributed by atoms with Crippen molar-refractivity contribution in [3.63, 3.8) is 0 Å². The summed E-state index contributed by atoms with van der Waals surface area (Å²) in [6.07, 6.45) is 0.603. The van der Waals surface area contributed by atoms with Gasteiger partial charge in [0.15, 0.2) is 5.84 Å². The molecule has 0 aliphatic heterocycles. The van der Waals surface area contributed by atoms with Crippen LogP contribution in [0.2, 0.25) is 0 Å². The molecule has 0 fully saturated rings. The lowest BCUT2D eigenvalue weighted by Gasteiger charge is -2.19. The van der Waals surface area contributed by atoms with Gasteiger partial charge in [0.05, 0.1) is 11.0 Å². The molecule has 0 radical (unpaired) electrons. The van der Waals surface area contributed by atoms with Crippen molar-refractivity contribution < 1.29 is 15.2 Å². The minimum absolute atomic E-state index is 0.0976. The third kappa shape index (κ3) is 3.52. The molecule has 1 unspecified atom stereocenters. The number of aliphatic hydroxyl groups excluding tert-OH is 1. The molecule has 0 bridgehead atoms. The number of rotatable bonds is 5. The van der Waals surface area contributed by atoms with Crippen LogP contribution in [-0.2, 0) is 0 Å². The highest BCUT2D eigenvalue weighted by molar-refractivity contribution is 5.97. The maximum atomic E-state index is 11.0. The molecule has 104 valence electrons. The van der Waals surface area contributed by atoms with Crippen LogP contribution in [0, 0.1) is 10.1 Å². The maximum Gasteiger partial charge on any atom is 0.312 e. The van der Waals surface area contributed by atoms with E-state index in [1.165, 1.54) is 11.1 Å². The van der Waals surface area contributed by atoms with E-state index in [9.17, 15) is 15.2 Å². The van der Waals surface area contributed by atoms with E-state index in [-0.39, 0.29) is 29.4 Å². The van der Waals surface area contributed by atoms with Crippen molar-refractivity contribution >= 4 is 17.3 Å². The van der Waals surface area contributed by atoms with Crippen LogP contribution in [-0.4, -0.2) is 45.8 Å². The van der Waals surface area contributed by atoms with E-state index in [4.69, 9.17) is 10.9 Å². The highest BCUT2D eigenvalue weighted by Gasteiger charge is 2.21. The van der Waals surface area contributed by atoms with Crippen LogP contribution in [0.3, 0.4) is 0 Å². The Morgan fingerprint density at radius 1 is 1.74 bits per heavy atom. The highest BCUT2D eigenvalue weighted by Crippen LogP contribution is 2.25. The molecule has 0 saturated heterocycles. The van der Waals surface area contributed by atoms with Crippen LogP contribution in [0.25, 0.3) is 0 Å². The Hall–Kier alpha value is -2.42. The molecule has 1 aromatic rings. The number of oxime groups is 1. The molecule has 0 saturated carbocycles. The molecule has 9 nitrogen and oxygen atoms in total. The third-order valence-electron chi connectivity index (χ3n) is 2.35. The first-order chi connectivity index (χ1) is 8.86. The van der Waals surface area contributed by atoms with E-state index in [1.807, 2.05) is 0 Å². The number of nitro groups is 1. The van der Waals surface area contributed by atoms with E-state index < -0.39 is 11.0 Å². The van der Waals surface area contributed by atoms with Crippen molar-refractivity contribution in [2.24, 2.45) is 10.9 Å². The molecule has 0 aliphatic carbocycles. The average molecular weight is 269 g/mol. The van der Waals surface area contributed by atoms with Crippen molar-refractivity contribution in [2.45, 2.75) is 13.0 Å². The zero-order chi connectivity index (χ0) is 14.6. The van der Waals surface area contributed by atoms with Gasteiger partial charge in [0.25, 0.3) is 0 Å². The number of aliphatic hydroxyl groups is 1. The lowest BCUT2D eigenvalue weighted by atomic mass is 10.2. The summed E-state index contributed by atoms with van der Waals surface area (Å²) in [6, 6.07) is 1.16. The third-order valence-corrected chi connectivity index (χ3v) is 2.35. The van der Waals surface area contributed by atoms with Gasteiger partial charge < -0.3 is 20.9 Å². The second kappa shape index (κ2) is 5.96. The summed E-state index contributed by atoms with van der Waals surface area (Å²) in [7, 11) is 1.57. The minimum Gasteiger partial charge on any atom is -0.409 e. The summed E-state index contributed by atoms with van der Waals surface area (Å²) in [5.74, 6) is -0.166. The predicted molar refractivity (Wildman–Crippen MR) is 68.4 cm³/mol. The van der Waals surface area contributed by atoms with Gasteiger partial charge in [-0.15, -0.1) is 0 Å². The monoisotopic (exact) mass is 269 g/mol. The zero-order valence-electron chi connectivity index (χ0n) is 10.5. The van der Waals surface area contributed by atoms with Gasteiger partial charge in [0, 0.05) is 31.4 Å². The normalized spacial score (nSPS) is 13.1. The number of aromatic nitrogens is 1. The van der Waals surface area contributed by atoms with E-state index in [0.29, 0.717) is 0 Å². The fourth-order valence-electron chi connectivity index (χ4n) is 1.56. The number of nitrogens with two attached hydrogens (primary N) is 1. The molecule has 19 heavy (non-hydrogen) atoms. The van der Waals surface area contributed by atoms with Crippen LogP contribution in [0.4, 0.5) is 11.5 Å². The molecule has 0 aliphatic rings. The average Bonchev–Trinajstić information content (AvgIpc) is 2.36. The predicted octanol–water partition coefficient (Wildman–Crippen LogP) is -0.0987. The topological polar surface area (TPSA) is 138 Å². The van der Waals surface area contributed by atoms with Crippen molar-refractivity contribution in [3.05, 3.63) is 27.9 Å². The Morgan fingerprint density at radius 3 is 2.84 bits per heavy atom. The van der Waals surface area contributed by atoms with Gasteiger partial charge in [0.1, 0.15) is 0 Å². The second-order valence-electron chi connectivity index (χ2n) is 4.04. The molecule has 1 atom stereocenters. The van der Waals surface area contributed by atoms with Gasteiger partial charge in [-0.1, -0.05) is 5.16 Å². The van der Waals surface area contributed by atoms with Crippen LogP contribution < -0.4 is 10.6 Å². The van der Waals surface area contributed by atoms with Gasteiger partial charge in [0.2, 0.25) is 5.82 Å². The first-order valence-corrected chi connectivity index (χ1v) is 5.38. The second-order valence-corrected chi connectivity index (χ2v) is 4.04. The number of likely N-dealkylation sites (N-methyl/N-ethyl adjacent to an activating group) is 1. The molecule has 0 spiro atoms. The molecular formula is C10H15N5O4. The van der Waals surface area contributed by atoms with Gasteiger partial charge in [-0.3, -0.25) is 10.1 Å². The lowest BCUT2D eigenvalue weighted by molar-refractivity contribution is -0.384. The molecule has 1 heterocycles. The van der Waals surface area contributed by atoms with Crippen LogP contribution in [0.1, 0.15) is 12.5 Å². The first-order valence-electron chi connectivity index (χ1n) is 5.38. The van der Waals surface area contributed by atoms with Gasteiger partial charge in [-0.05, 0) is 6.92 Å². The first kappa shape index (κ1) is 14.6. The highest BCUT2D eigenvalue weighted by atomic mass is 16.6. The maximum absolute atomic E-state index is 11.0. The summed E-state index contributed by atoms with van der Waals surface area (Å²) in [5.41, 5.74) is 5.21. The molecule has 4 N–H and O–H groups in total. The molecule has 1 aromatic heterocycles. The van der Waals surface area contributed by atoms with Gasteiger partial charge >= 0.3 is 5.69 Å². The summed E-state index contributed by atoms with van der Waals surface area (Å²) >= 11 is 0. The van der Waals surface area contributed by atoms with E-state index >= 15 is 0 Å². The Morgan fingerprint density at radius 2 is 2.37 bits per heavy atom. The Balaban J connectivity index is 3.22. The van der Waals surface area contributed by atoms with E-state index in [1.54, 1.807) is 14.0 Å². The van der Waals surface area contributed by atoms with Crippen molar-refractivity contribution in [3.8, 4) is 0 Å². The molecule has 0 aromatic carbocycles. The van der Waals surface area contributed by atoms with Crippen LogP contribution in [0.5, 0.6) is 0 Å². The summed E-state index contributed by atoms with van der Waals surface area (Å²) < 4.78 is 0. The van der Waals surface area contributed by atoms with Gasteiger partial charge in [-0.25, -0.2) is 4.98 Å². The molecule has 9 heteroatoms. The molecular weight excluding hydrogens is 254 g/mol. The number of anilines is 1. The zero-order valence-corrected chi connectivity index (χ0v) is 10.5.